The van der Waals surface area contributed by atoms with Gasteiger partial charge in [0.1, 0.15) is 24.0 Å². The highest BCUT2D eigenvalue weighted by Crippen LogP contribution is 2.30. The number of carbonyl (C=O) groups is 1. The van der Waals surface area contributed by atoms with Crippen LogP contribution in [0.2, 0.25) is 0 Å². The first-order chi connectivity index (χ1) is 13.2. The Kier molecular flexibility index (Phi) is 9.06. The van der Waals surface area contributed by atoms with Crippen LogP contribution in [-0.4, -0.2) is 19.1 Å². The van der Waals surface area contributed by atoms with Crippen LogP contribution in [0.1, 0.15) is 21.5 Å². The average molecular weight is 437 g/mol. The summed E-state index contributed by atoms with van der Waals surface area (Å²) in [4.78, 5) is 12.1. The molecule has 3 N–H and O–H groups in total. The molecule has 0 aromatic heterocycles. The molecule has 0 unspecified atom stereocenters. The molecule has 0 spiro atoms. The second-order valence-electron chi connectivity index (χ2n) is 5.73. The molecule has 2 aromatic carbocycles. The van der Waals surface area contributed by atoms with Crippen molar-refractivity contribution in [2.75, 3.05) is 13.2 Å². The van der Waals surface area contributed by atoms with E-state index in [1.807, 2.05) is 0 Å². The maximum absolute atomic E-state index is 13.4. The molecular weight excluding hydrogens is 419 g/mol. The van der Waals surface area contributed by atoms with E-state index in [9.17, 15) is 26.7 Å². The van der Waals surface area contributed by atoms with Crippen LogP contribution >= 0.6 is 12.4 Å². The van der Waals surface area contributed by atoms with Crippen molar-refractivity contribution in [3.8, 4) is 5.75 Å². The lowest BCUT2D eigenvalue weighted by Gasteiger charge is -2.11. The van der Waals surface area contributed by atoms with Crippen LogP contribution < -0.4 is 15.8 Å². The van der Waals surface area contributed by atoms with E-state index in [2.05, 4.69) is 5.32 Å². The molecule has 0 fully saturated rings. The van der Waals surface area contributed by atoms with Crippen LogP contribution in [0, 0.1) is 5.82 Å². The van der Waals surface area contributed by atoms with Gasteiger partial charge in [-0.05, 0) is 54.1 Å². The van der Waals surface area contributed by atoms with E-state index in [0.29, 0.717) is 11.8 Å². The molecule has 2 rings (SSSR count). The highest BCUT2D eigenvalue weighted by atomic mass is 35.5. The monoisotopic (exact) mass is 436 g/mol. The van der Waals surface area contributed by atoms with Gasteiger partial charge in [-0.1, -0.05) is 0 Å². The second-order valence-corrected chi connectivity index (χ2v) is 5.73. The predicted octanol–water partition coefficient (Wildman–Crippen LogP) is 4.39. The minimum absolute atomic E-state index is 0. The third-order valence-corrected chi connectivity index (χ3v) is 3.57. The van der Waals surface area contributed by atoms with Gasteiger partial charge in [0.25, 0.3) is 5.91 Å². The number of benzene rings is 2. The number of hydrogen-bond donors (Lipinski definition) is 2. The van der Waals surface area contributed by atoms with Crippen molar-refractivity contribution in [3.05, 3.63) is 76.9 Å². The highest BCUT2D eigenvalue weighted by molar-refractivity contribution is 5.94. The molecule has 29 heavy (non-hydrogen) atoms. The number of nitrogens with one attached hydrogen (secondary N) is 1. The van der Waals surface area contributed by atoms with Gasteiger partial charge in [-0.15, -0.1) is 12.4 Å². The Bertz CT molecular complexity index is 855. The van der Waals surface area contributed by atoms with Crippen LogP contribution in [0.5, 0.6) is 5.75 Å². The van der Waals surface area contributed by atoms with Crippen LogP contribution in [0.4, 0.5) is 22.0 Å². The summed E-state index contributed by atoms with van der Waals surface area (Å²) in [5.41, 5.74) is 4.22. The molecule has 1 amide bonds. The zero-order valence-corrected chi connectivity index (χ0v) is 15.7. The number of alkyl halides is 3. The first kappa shape index (κ1) is 24.4. The molecular formula is C19H18ClF5N2O2. The lowest BCUT2D eigenvalue weighted by molar-refractivity contribution is -0.137. The van der Waals surface area contributed by atoms with Crippen molar-refractivity contribution in [2.45, 2.75) is 12.7 Å². The molecule has 0 saturated heterocycles. The van der Waals surface area contributed by atoms with Crippen molar-refractivity contribution in [1.82, 2.24) is 5.32 Å². The Labute approximate surface area is 169 Å². The first-order valence-corrected chi connectivity index (χ1v) is 8.11. The lowest BCUT2D eigenvalue weighted by Crippen LogP contribution is -2.23. The molecule has 2 aromatic rings. The van der Waals surface area contributed by atoms with Gasteiger partial charge in [0.05, 0.1) is 5.56 Å². The second kappa shape index (κ2) is 10.8. The van der Waals surface area contributed by atoms with E-state index in [4.69, 9.17) is 10.5 Å². The topological polar surface area (TPSA) is 64.3 Å². The van der Waals surface area contributed by atoms with Crippen molar-refractivity contribution in [2.24, 2.45) is 5.73 Å². The molecule has 10 heteroatoms. The van der Waals surface area contributed by atoms with Crippen LogP contribution in [0.3, 0.4) is 0 Å². The summed E-state index contributed by atoms with van der Waals surface area (Å²) in [7, 11) is 0. The standard InChI is InChI=1S/C19H17F5N2O2.ClH/c20-15(5-6-25)11-28-17-3-1-13(2-4-17)18(27)26-10-12-7-14(19(22,23)24)9-16(21)8-12;/h1-5,7-9H,6,10-11,25H2,(H,26,27);1H/b15-5+;. The Morgan fingerprint density at radius 2 is 1.79 bits per heavy atom. The van der Waals surface area contributed by atoms with Crippen LogP contribution in [-0.2, 0) is 12.7 Å². The fourth-order valence-electron chi connectivity index (χ4n) is 2.24. The molecule has 0 bridgehead atoms. The lowest BCUT2D eigenvalue weighted by atomic mass is 10.1. The van der Waals surface area contributed by atoms with E-state index in [1.54, 1.807) is 0 Å². The van der Waals surface area contributed by atoms with Crippen LogP contribution in [0.15, 0.2) is 54.4 Å². The molecule has 0 aliphatic carbocycles. The predicted molar refractivity (Wildman–Crippen MR) is 100 cm³/mol. The zero-order valence-electron chi connectivity index (χ0n) is 14.9. The fourth-order valence-corrected chi connectivity index (χ4v) is 2.24. The number of nitrogens with two attached hydrogens (primary N) is 1. The Hall–Kier alpha value is -2.65. The molecule has 0 aliphatic rings. The molecule has 0 heterocycles. The maximum Gasteiger partial charge on any atom is 0.416 e. The molecule has 158 valence electrons. The van der Waals surface area contributed by atoms with Crippen LogP contribution in [0.25, 0.3) is 0 Å². The summed E-state index contributed by atoms with van der Waals surface area (Å²) < 4.78 is 69.8. The van der Waals surface area contributed by atoms with Gasteiger partial charge in [-0.2, -0.15) is 13.2 Å². The third kappa shape index (κ3) is 7.71. The SMILES string of the molecule is Cl.NC/C=C(/F)COc1ccc(C(=O)NCc2cc(F)cc(C(F)(F)F)c2)cc1. The summed E-state index contributed by atoms with van der Waals surface area (Å²) >= 11 is 0. The maximum atomic E-state index is 13.4. The van der Waals surface area contributed by atoms with Gasteiger partial charge in [-0.25, -0.2) is 8.78 Å². The quantitative estimate of drug-likeness (QED) is 0.633. The Morgan fingerprint density at radius 1 is 1.14 bits per heavy atom. The minimum atomic E-state index is -4.69. The van der Waals surface area contributed by atoms with E-state index in [1.165, 1.54) is 30.3 Å². The van der Waals surface area contributed by atoms with E-state index < -0.39 is 29.3 Å². The van der Waals surface area contributed by atoms with Gasteiger partial charge in [0, 0.05) is 18.7 Å². The number of rotatable bonds is 7. The van der Waals surface area contributed by atoms with Gasteiger partial charge in [0.2, 0.25) is 0 Å². The van der Waals surface area contributed by atoms with Gasteiger partial charge in [-0.3, -0.25) is 4.79 Å². The number of halogens is 6. The summed E-state index contributed by atoms with van der Waals surface area (Å²) in [6.07, 6.45) is -3.52. The van der Waals surface area contributed by atoms with E-state index in [0.717, 1.165) is 12.1 Å². The van der Waals surface area contributed by atoms with Gasteiger partial charge in [0.15, 0.2) is 0 Å². The van der Waals surface area contributed by atoms with Crippen molar-refractivity contribution >= 4 is 18.3 Å². The van der Waals surface area contributed by atoms with Gasteiger partial charge < -0.3 is 15.8 Å². The average Bonchev–Trinajstić information content (AvgIpc) is 2.64. The first-order valence-electron chi connectivity index (χ1n) is 8.11. The number of ether oxygens (including phenoxy) is 1. The van der Waals surface area contributed by atoms with Gasteiger partial charge >= 0.3 is 6.18 Å². The Morgan fingerprint density at radius 3 is 2.38 bits per heavy atom. The Balaban J connectivity index is 0.00000420. The summed E-state index contributed by atoms with van der Waals surface area (Å²) in [5, 5.41) is 2.41. The normalized spacial score (nSPS) is 11.6. The smallest absolute Gasteiger partial charge is 0.416 e. The summed E-state index contributed by atoms with van der Waals surface area (Å²) in [6, 6.07) is 7.75. The molecule has 0 atom stereocenters. The number of carbonyl (C=O) groups excluding carboxylic acids is 1. The molecule has 4 nitrogen and oxygen atoms in total. The summed E-state index contributed by atoms with van der Waals surface area (Å²) in [6.45, 7) is -0.541. The number of amides is 1. The zero-order chi connectivity index (χ0) is 20.7. The minimum Gasteiger partial charge on any atom is -0.487 e. The number of hydrogen-bond acceptors (Lipinski definition) is 3. The highest BCUT2D eigenvalue weighted by Gasteiger charge is 2.31. The molecule has 0 radical (unpaired) electrons. The van der Waals surface area contributed by atoms with E-state index in [-0.39, 0.29) is 43.2 Å². The summed E-state index contributed by atoms with van der Waals surface area (Å²) in [5.74, 6) is -1.83. The van der Waals surface area contributed by atoms with Crippen molar-refractivity contribution in [3.63, 3.8) is 0 Å². The largest absolute Gasteiger partial charge is 0.487 e. The van der Waals surface area contributed by atoms with E-state index >= 15 is 0 Å². The molecule has 0 saturated carbocycles. The van der Waals surface area contributed by atoms with Crippen molar-refractivity contribution in [1.29, 1.82) is 0 Å². The molecule has 0 aliphatic heterocycles. The fraction of sp³-hybridized carbons (Fsp3) is 0.211. The third-order valence-electron chi connectivity index (χ3n) is 3.57. The van der Waals surface area contributed by atoms with Crippen molar-refractivity contribution < 1.29 is 31.5 Å².